The zero-order chi connectivity index (χ0) is 25.0. The van der Waals surface area contributed by atoms with Gasteiger partial charge in [-0.1, -0.05) is 23.5 Å². The normalized spacial score (nSPS) is 18.2. The summed E-state index contributed by atoms with van der Waals surface area (Å²) < 4.78 is 16.8. The second-order valence-electron chi connectivity index (χ2n) is 8.16. The number of ketones is 1. The predicted molar refractivity (Wildman–Crippen MR) is 132 cm³/mol. The average molecular weight is 503 g/mol. The molecule has 180 valence electrons. The topological polar surface area (TPSA) is 118 Å². The van der Waals surface area contributed by atoms with Gasteiger partial charge in [0.2, 0.25) is 6.79 Å². The fraction of sp³-hybridized carbons (Fsp3) is 0.115. The molecule has 1 aromatic heterocycles. The lowest BCUT2D eigenvalue weighted by atomic mass is 9.95. The number of benzene rings is 3. The van der Waals surface area contributed by atoms with E-state index in [0.29, 0.717) is 39.0 Å². The molecule has 1 atom stereocenters. The number of aromatic nitrogens is 1. The zero-order valence-electron chi connectivity index (χ0n) is 18.8. The van der Waals surface area contributed by atoms with Crippen LogP contribution in [0.4, 0.5) is 5.13 Å². The first-order valence-electron chi connectivity index (χ1n) is 10.9. The third-order valence-electron chi connectivity index (χ3n) is 6.09. The van der Waals surface area contributed by atoms with Crippen LogP contribution in [0, 0.1) is 0 Å². The average Bonchev–Trinajstić information content (AvgIpc) is 3.59. The number of nitrogens with zero attached hydrogens (tertiary/aromatic N) is 2. The third-order valence-corrected chi connectivity index (χ3v) is 7.11. The number of rotatable bonds is 4. The standard InChI is InChI=1S/C26H18N2O7S/c1-33-16-7-8-17-20(11-16)36-26(27-17)28-22(13-2-5-15(29)6-3-13)21(24(31)25(28)32)23(30)14-4-9-18-19(10-14)35-12-34-18/h2-11,22,29-30H,12H2,1H3/b23-21+. The van der Waals surface area contributed by atoms with Crippen LogP contribution in [0.25, 0.3) is 16.0 Å². The van der Waals surface area contributed by atoms with Gasteiger partial charge in [0.1, 0.15) is 17.3 Å². The van der Waals surface area contributed by atoms with Gasteiger partial charge in [0, 0.05) is 5.56 Å². The summed E-state index contributed by atoms with van der Waals surface area (Å²) in [4.78, 5) is 32.6. The van der Waals surface area contributed by atoms with Gasteiger partial charge in [-0.15, -0.1) is 0 Å². The van der Waals surface area contributed by atoms with Crippen LogP contribution in [-0.4, -0.2) is 40.8 Å². The number of aliphatic hydroxyl groups is 1. The van der Waals surface area contributed by atoms with Gasteiger partial charge < -0.3 is 24.4 Å². The molecule has 1 amide bonds. The van der Waals surface area contributed by atoms with Crippen LogP contribution < -0.4 is 19.1 Å². The molecule has 2 N–H and O–H groups in total. The van der Waals surface area contributed by atoms with Gasteiger partial charge in [0.15, 0.2) is 16.6 Å². The predicted octanol–water partition coefficient (Wildman–Crippen LogP) is 4.37. The van der Waals surface area contributed by atoms with Gasteiger partial charge in [-0.2, -0.15) is 0 Å². The maximum Gasteiger partial charge on any atom is 0.301 e. The van der Waals surface area contributed by atoms with E-state index in [1.165, 1.54) is 28.4 Å². The second-order valence-corrected chi connectivity index (χ2v) is 9.17. The number of anilines is 1. The van der Waals surface area contributed by atoms with Crippen molar-refractivity contribution >= 4 is 44.1 Å². The number of phenolic OH excluding ortho intramolecular Hbond substituents is 1. The number of aromatic hydroxyl groups is 1. The monoisotopic (exact) mass is 502 g/mol. The van der Waals surface area contributed by atoms with Crippen LogP contribution >= 0.6 is 11.3 Å². The van der Waals surface area contributed by atoms with Crippen LogP contribution in [0.1, 0.15) is 17.2 Å². The molecule has 10 heteroatoms. The quantitative estimate of drug-likeness (QED) is 0.240. The number of carbonyl (C=O) groups is 2. The van der Waals surface area contributed by atoms with Crippen molar-refractivity contribution in [3.05, 3.63) is 77.4 Å². The molecule has 0 saturated carbocycles. The first kappa shape index (κ1) is 21.9. The molecule has 0 spiro atoms. The maximum absolute atomic E-state index is 13.4. The number of methoxy groups -OCH3 is 1. The molecular formula is C26H18N2O7S. The van der Waals surface area contributed by atoms with E-state index in [1.54, 1.807) is 55.6 Å². The van der Waals surface area contributed by atoms with Crippen LogP contribution in [0.5, 0.6) is 23.0 Å². The lowest BCUT2D eigenvalue weighted by molar-refractivity contribution is -0.132. The summed E-state index contributed by atoms with van der Waals surface area (Å²) in [5, 5.41) is 21.4. The van der Waals surface area contributed by atoms with E-state index in [2.05, 4.69) is 4.98 Å². The molecule has 0 radical (unpaired) electrons. The Kier molecular flexibility index (Phi) is 5.04. The van der Waals surface area contributed by atoms with Crippen LogP contribution in [-0.2, 0) is 9.59 Å². The molecule has 2 aliphatic rings. The SMILES string of the molecule is COc1ccc2nc(N3C(=O)C(=O)/C(=C(/O)c4ccc5c(c4)OCO5)C3c3ccc(O)cc3)sc2c1. The number of ether oxygens (including phenoxy) is 3. The summed E-state index contributed by atoms with van der Waals surface area (Å²) >= 11 is 1.23. The molecule has 1 fully saturated rings. The van der Waals surface area contributed by atoms with Crippen molar-refractivity contribution in [1.29, 1.82) is 0 Å². The van der Waals surface area contributed by atoms with Crippen molar-refractivity contribution in [2.75, 3.05) is 18.8 Å². The Balaban J connectivity index is 1.53. The summed E-state index contributed by atoms with van der Waals surface area (Å²) in [5.74, 6) is -0.408. The van der Waals surface area contributed by atoms with E-state index in [9.17, 15) is 19.8 Å². The van der Waals surface area contributed by atoms with Gasteiger partial charge in [-0.25, -0.2) is 4.98 Å². The minimum absolute atomic E-state index is 0.0264. The number of fused-ring (bicyclic) bond motifs is 2. The Morgan fingerprint density at radius 2 is 1.83 bits per heavy atom. The molecule has 1 unspecified atom stereocenters. The van der Waals surface area contributed by atoms with Gasteiger partial charge in [0.25, 0.3) is 5.78 Å². The van der Waals surface area contributed by atoms with Gasteiger partial charge in [-0.05, 0) is 54.1 Å². The molecule has 0 bridgehead atoms. The number of carbonyl (C=O) groups excluding carboxylic acids is 2. The van der Waals surface area contributed by atoms with E-state index in [1.807, 2.05) is 0 Å². The fourth-order valence-corrected chi connectivity index (χ4v) is 5.34. The third kappa shape index (κ3) is 3.42. The second kappa shape index (κ2) is 8.28. The number of aliphatic hydroxyl groups excluding tert-OH is 1. The molecule has 0 aliphatic carbocycles. The lowest BCUT2D eigenvalue weighted by Crippen LogP contribution is -2.29. The molecule has 4 aromatic rings. The summed E-state index contributed by atoms with van der Waals surface area (Å²) in [6.45, 7) is 0.0554. The highest BCUT2D eigenvalue weighted by molar-refractivity contribution is 7.22. The Hall–Kier alpha value is -4.57. The molecule has 36 heavy (non-hydrogen) atoms. The van der Waals surface area contributed by atoms with Gasteiger partial charge >= 0.3 is 5.91 Å². The number of Topliss-reactive ketones (excluding diaryl/α,β-unsaturated/α-hetero) is 1. The minimum Gasteiger partial charge on any atom is -0.508 e. The Morgan fingerprint density at radius 3 is 2.61 bits per heavy atom. The molecule has 1 saturated heterocycles. The molecule has 3 aromatic carbocycles. The van der Waals surface area contributed by atoms with E-state index < -0.39 is 17.7 Å². The largest absolute Gasteiger partial charge is 0.508 e. The molecule has 6 rings (SSSR count). The highest BCUT2D eigenvalue weighted by atomic mass is 32.1. The summed E-state index contributed by atoms with van der Waals surface area (Å²) in [7, 11) is 1.56. The highest BCUT2D eigenvalue weighted by Gasteiger charge is 2.48. The van der Waals surface area contributed by atoms with E-state index in [4.69, 9.17) is 14.2 Å². The molecule has 9 nitrogen and oxygen atoms in total. The summed E-state index contributed by atoms with van der Waals surface area (Å²) in [5.41, 5.74) is 1.36. The van der Waals surface area contributed by atoms with Gasteiger partial charge in [0.05, 0.1) is 28.9 Å². The van der Waals surface area contributed by atoms with E-state index >= 15 is 0 Å². The zero-order valence-corrected chi connectivity index (χ0v) is 19.6. The number of hydrogen-bond acceptors (Lipinski definition) is 9. The first-order chi connectivity index (χ1) is 17.4. The maximum atomic E-state index is 13.4. The number of thiazole rings is 1. The smallest absolute Gasteiger partial charge is 0.301 e. The summed E-state index contributed by atoms with van der Waals surface area (Å²) in [6.07, 6.45) is 0. The molecule has 3 heterocycles. The van der Waals surface area contributed by atoms with E-state index in [0.717, 1.165) is 4.70 Å². The van der Waals surface area contributed by atoms with Crippen molar-refractivity contribution in [2.24, 2.45) is 0 Å². The minimum atomic E-state index is -0.974. The first-order valence-corrected chi connectivity index (χ1v) is 11.7. The Bertz CT molecular complexity index is 1580. The van der Waals surface area contributed by atoms with E-state index in [-0.39, 0.29) is 23.9 Å². The van der Waals surface area contributed by atoms with Crippen molar-refractivity contribution in [1.82, 2.24) is 4.98 Å². The van der Waals surface area contributed by atoms with Crippen molar-refractivity contribution < 1.29 is 34.0 Å². The molecule has 2 aliphatic heterocycles. The number of phenols is 1. The van der Waals surface area contributed by atoms with Crippen LogP contribution in [0.15, 0.2) is 66.2 Å². The Labute approximate surface area is 208 Å². The Morgan fingerprint density at radius 1 is 1.06 bits per heavy atom. The summed E-state index contributed by atoms with van der Waals surface area (Å²) in [6, 6.07) is 15.3. The van der Waals surface area contributed by atoms with Crippen LogP contribution in [0.3, 0.4) is 0 Å². The van der Waals surface area contributed by atoms with Gasteiger partial charge in [-0.3, -0.25) is 14.5 Å². The highest BCUT2D eigenvalue weighted by Crippen LogP contribution is 2.45. The fourth-order valence-electron chi connectivity index (χ4n) is 4.32. The van der Waals surface area contributed by atoms with Crippen molar-refractivity contribution in [2.45, 2.75) is 6.04 Å². The number of hydrogen-bond donors (Lipinski definition) is 2. The van der Waals surface area contributed by atoms with Crippen LogP contribution in [0.2, 0.25) is 0 Å². The lowest BCUT2D eigenvalue weighted by Gasteiger charge is -2.23. The molecular weight excluding hydrogens is 484 g/mol. The van der Waals surface area contributed by atoms with Crippen molar-refractivity contribution in [3.63, 3.8) is 0 Å². The van der Waals surface area contributed by atoms with Crippen molar-refractivity contribution in [3.8, 4) is 23.0 Å². The number of amides is 1.